The lowest BCUT2D eigenvalue weighted by Crippen LogP contribution is -2.38. The zero-order valence-corrected chi connectivity index (χ0v) is 12.2. The first-order chi connectivity index (χ1) is 9.81. The van der Waals surface area contributed by atoms with Crippen LogP contribution in [-0.2, 0) is 9.59 Å². The average molecular weight is 290 g/mol. The number of carboxylic acid groups (broad SMARTS) is 1. The van der Waals surface area contributed by atoms with Crippen molar-refractivity contribution in [2.75, 3.05) is 12.4 Å². The number of benzene rings is 1. The quantitative estimate of drug-likeness (QED) is 0.732. The number of anilines is 1. The van der Waals surface area contributed by atoms with E-state index in [0.717, 1.165) is 5.56 Å². The number of hydrogen-bond acceptors (Lipinski definition) is 3. The van der Waals surface area contributed by atoms with E-state index in [1.165, 1.54) is 13.1 Å². The Morgan fingerprint density at radius 1 is 1.10 bits per heavy atom. The average Bonchev–Trinajstić information content (AvgIpc) is 3.22. The molecule has 0 aromatic heterocycles. The molecular weight excluding hydrogens is 272 g/mol. The molecule has 1 saturated carbocycles. The monoisotopic (exact) mass is 290 g/mol. The lowest BCUT2D eigenvalue weighted by Gasteiger charge is -2.16. The normalized spacial score (nSPS) is 15.2. The molecule has 1 aromatic carbocycles. The van der Waals surface area contributed by atoms with Crippen molar-refractivity contribution in [1.29, 1.82) is 0 Å². The van der Waals surface area contributed by atoms with Crippen molar-refractivity contribution in [3.05, 3.63) is 28.8 Å². The Morgan fingerprint density at radius 3 is 2.19 bits per heavy atom. The van der Waals surface area contributed by atoms with E-state index < -0.39 is 11.4 Å². The smallest absolute Gasteiger partial charge is 0.336 e. The fourth-order valence-corrected chi connectivity index (χ4v) is 2.38. The van der Waals surface area contributed by atoms with Crippen LogP contribution in [-0.4, -0.2) is 29.9 Å². The molecule has 0 heterocycles. The molecule has 21 heavy (non-hydrogen) atoms. The standard InChI is InChI=1S/C15H18N2O4/c1-8-6-9(2)11(7-10(8)12(18)19)17-14(21)15(4-5-15)13(20)16-3/h6-7H,4-5H2,1-3H3,(H,16,20)(H,17,21)(H,18,19). The van der Waals surface area contributed by atoms with Crippen LogP contribution >= 0.6 is 0 Å². The van der Waals surface area contributed by atoms with Crippen LogP contribution in [0.25, 0.3) is 0 Å². The molecule has 112 valence electrons. The van der Waals surface area contributed by atoms with E-state index in [0.29, 0.717) is 24.1 Å². The first kappa shape index (κ1) is 15.0. The van der Waals surface area contributed by atoms with Gasteiger partial charge in [0.05, 0.1) is 5.56 Å². The van der Waals surface area contributed by atoms with Crippen molar-refractivity contribution >= 4 is 23.5 Å². The van der Waals surface area contributed by atoms with Crippen molar-refractivity contribution in [3.8, 4) is 0 Å². The Bertz CT molecular complexity index is 633. The van der Waals surface area contributed by atoms with E-state index >= 15 is 0 Å². The summed E-state index contributed by atoms with van der Waals surface area (Å²) in [5.74, 6) is -1.73. The van der Waals surface area contributed by atoms with E-state index in [2.05, 4.69) is 10.6 Å². The fraction of sp³-hybridized carbons (Fsp3) is 0.400. The van der Waals surface area contributed by atoms with Crippen molar-refractivity contribution in [3.63, 3.8) is 0 Å². The van der Waals surface area contributed by atoms with E-state index in [-0.39, 0.29) is 17.4 Å². The summed E-state index contributed by atoms with van der Waals surface area (Å²) in [4.78, 5) is 35.2. The molecule has 0 bridgehead atoms. The van der Waals surface area contributed by atoms with Gasteiger partial charge in [0.25, 0.3) is 0 Å². The topological polar surface area (TPSA) is 95.5 Å². The maximum absolute atomic E-state index is 12.3. The summed E-state index contributed by atoms with van der Waals surface area (Å²) in [5, 5.41) is 14.3. The molecule has 1 fully saturated rings. The molecule has 6 heteroatoms. The second kappa shape index (κ2) is 5.20. The molecular formula is C15H18N2O4. The Morgan fingerprint density at radius 2 is 1.71 bits per heavy atom. The molecule has 6 nitrogen and oxygen atoms in total. The van der Waals surface area contributed by atoms with Crippen LogP contribution in [0, 0.1) is 19.3 Å². The SMILES string of the molecule is CNC(=O)C1(C(=O)Nc2cc(C(=O)O)c(C)cc2C)CC1. The zero-order chi connectivity index (χ0) is 15.8. The molecule has 1 aliphatic carbocycles. The predicted molar refractivity (Wildman–Crippen MR) is 77.2 cm³/mol. The van der Waals surface area contributed by atoms with Crippen molar-refractivity contribution in [2.45, 2.75) is 26.7 Å². The van der Waals surface area contributed by atoms with Crippen LogP contribution in [0.3, 0.4) is 0 Å². The van der Waals surface area contributed by atoms with Crippen LogP contribution in [0.5, 0.6) is 0 Å². The summed E-state index contributed by atoms with van der Waals surface area (Å²) in [5.41, 5.74) is 0.956. The van der Waals surface area contributed by atoms with E-state index in [1.54, 1.807) is 19.9 Å². The highest BCUT2D eigenvalue weighted by molar-refractivity contribution is 6.13. The molecule has 0 atom stereocenters. The highest BCUT2D eigenvalue weighted by atomic mass is 16.4. The number of aryl methyl sites for hydroxylation is 2. The van der Waals surface area contributed by atoms with Crippen LogP contribution in [0.1, 0.15) is 34.3 Å². The minimum atomic E-state index is -1.05. The summed E-state index contributed by atoms with van der Waals surface area (Å²) in [7, 11) is 1.50. The fourth-order valence-electron chi connectivity index (χ4n) is 2.38. The minimum absolute atomic E-state index is 0.140. The Hall–Kier alpha value is -2.37. The van der Waals surface area contributed by atoms with Crippen LogP contribution in [0.2, 0.25) is 0 Å². The molecule has 3 N–H and O–H groups in total. The molecule has 2 amide bonds. The van der Waals surface area contributed by atoms with Gasteiger partial charge in [0.2, 0.25) is 11.8 Å². The third-order valence-corrected chi connectivity index (χ3v) is 3.90. The van der Waals surface area contributed by atoms with Gasteiger partial charge in [-0.1, -0.05) is 6.07 Å². The Balaban J connectivity index is 2.28. The molecule has 0 radical (unpaired) electrons. The largest absolute Gasteiger partial charge is 0.478 e. The summed E-state index contributed by atoms with van der Waals surface area (Å²) in [6, 6.07) is 3.14. The highest BCUT2D eigenvalue weighted by Gasteiger charge is 2.56. The number of amides is 2. The maximum atomic E-state index is 12.3. The van der Waals surface area contributed by atoms with Gasteiger partial charge in [-0.3, -0.25) is 9.59 Å². The summed E-state index contributed by atoms with van der Waals surface area (Å²) in [6.45, 7) is 3.49. The first-order valence-corrected chi connectivity index (χ1v) is 6.70. The Labute approximate surface area is 122 Å². The van der Waals surface area contributed by atoms with Crippen molar-refractivity contribution in [2.24, 2.45) is 5.41 Å². The number of rotatable bonds is 4. The van der Waals surface area contributed by atoms with Gasteiger partial charge in [0.1, 0.15) is 5.41 Å². The second-order valence-corrected chi connectivity index (χ2v) is 5.40. The lowest BCUT2D eigenvalue weighted by molar-refractivity contribution is -0.134. The molecule has 0 aliphatic heterocycles. The summed E-state index contributed by atoms with van der Waals surface area (Å²) >= 11 is 0. The third-order valence-electron chi connectivity index (χ3n) is 3.90. The summed E-state index contributed by atoms with van der Waals surface area (Å²) in [6.07, 6.45) is 1.02. The number of carbonyl (C=O) groups excluding carboxylic acids is 2. The van der Waals surface area contributed by atoms with Crippen LogP contribution in [0.4, 0.5) is 5.69 Å². The summed E-state index contributed by atoms with van der Waals surface area (Å²) < 4.78 is 0. The molecule has 0 spiro atoms. The van der Waals surface area contributed by atoms with Gasteiger partial charge in [0, 0.05) is 12.7 Å². The molecule has 1 aromatic rings. The predicted octanol–water partition coefficient (Wildman–Crippen LogP) is 1.47. The molecule has 0 unspecified atom stereocenters. The number of nitrogens with one attached hydrogen (secondary N) is 2. The first-order valence-electron chi connectivity index (χ1n) is 6.70. The van der Waals surface area contributed by atoms with Gasteiger partial charge < -0.3 is 15.7 Å². The van der Waals surface area contributed by atoms with Gasteiger partial charge in [0.15, 0.2) is 0 Å². The molecule has 1 aliphatic rings. The van der Waals surface area contributed by atoms with E-state index in [4.69, 9.17) is 5.11 Å². The minimum Gasteiger partial charge on any atom is -0.478 e. The number of carboxylic acids is 1. The van der Waals surface area contributed by atoms with E-state index in [9.17, 15) is 14.4 Å². The zero-order valence-electron chi connectivity index (χ0n) is 12.2. The van der Waals surface area contributed by atoms with E-state index in [1.807, 2.05) is 0 Å². The lowest BCUT2D eigenvalue weighted by atomic mass is 10.0. The molecule has 0 saturated heterocycles. The van der Waals surface area contributed by atoms with Gasteiger partial charge in [-0.25, -0.2) is 4.79 Å². The second-order valence-electron chi connectivity index (χ2n) is 5.40. The highest BCUT2D eigenvalue weighted by Crippen LogP contribution is 2.46. The number of hydrogen-bond donors (Lipinski definition) is 3. The maximum Gasteiger partial charge on any atom is 0.336 e. The van der Waals surface area contributed by atoms with Crippen LogP contribution < -0.4 is 10.6 Å². The number of aromatic carboxylic acids is 1. The van der Waals surface area contributed by atoms with Gasteiger partial charge in [-0.15, -0.1) is 0 Å². The van der Waals surface area contributed by atoms with Crippen molar-refractivity contribution in [1.82, 2.24) is 5.32 Å². The molecule has 2 rings (SSSR count). The Kier molecular flexibility index (Phi) is 3.72. The number of carbonyl (C=O) groups is 3. The van der Waals surface area contributed by atoms with Crippen molar-refractivity contribution < 1.29 is 19.5 Å². The van der Waals surface area contributed by atoms with Gasteiger partial charge in [-0.2, -0.15) is 0 Å². The van der Waals surface area contributed by atoms with Gasteiger partial charge >= 0.3 is 5.97 Å². The van der Waals surface area contributed by atoms with Gasteiger partial charge in [-0.05, 0) is 43.9 Å². The van der Waals surface area contributed by atoms with Crippen LogP contribution in [0.15, 0.2) is 12.1 Å². The third kappa shape index (κ3) is 2.61.